The van der Waals surface area contributed by atoms with E-state index in [-0.39, 0.29) is 16.3 Å². The molecule has 0 fully saturated rings. The van der Waals surface area contributed by atoms with Crippen LogP contribution >= 0.6 is 0 Å². The smallest absolute Gasteiger partial charge is 0.321 e. The molecule has 2 aromatic rings. The molecule has 0 spiro atoms. The zero-order chi connectivity index (χ0) is 16.8. The average molecular weight is 332 g/mol. The second-order valence-electron chi connectivity index (χ2n) is 5.00. The molecule has 0 amide bonds. The van der Waals surface area contributed by atoms with Crippen LogP contribution < -0.4 is 9.80 Å². The lowest BCUT2D eigenvalue weighted by atomic mass is 10.2. The number of halogens is 6. The lowest BCUT2D eigenvalue weighted by molar-refractivity contribution is -0.137. The molecule has 2 aromatic carbocycles. The summed E-state index contributed by atoms with van der Waals surface area (Å²) in [6.07, 6.45) is -9.06. The Morgan fingerprint density at radius 2 is 1.30 bits per heavy atom. The number of anilines is 3. The highest BCUT2D eigenvalue weighted by atomic mass is 19.4. The van der Waals surface area contributed by atoms with Gasteiger partial charge in [0.05, 0.1) is 16.9 Å². The van der Waals surface area contributed by atoms with Crippen molar-refractivity contribution in [2.24, 2.45) is 0 Å². The normalized spacial score (nSPS) is 15.0. The molecule has 0 aromatic heterocycles. The van der Waals surface area contributed by atoms with Gasteiger partial charge in [0.2, 0.25) is 0 Å². The molecule has 0 unspecified atom stereocenters. The van der Waals surface area contributed by atoms with E-state index in [1.54, 1.807) is 6.07 Å². The van der Waals surface area contributed by atoms with Gasteiger partial charge in [0, 0.05) is 5.69 Å². The van der Waals surface area contributed by atoms with Gasteiger partial charge in [-0.15, -0.1) is 0 Å². The molecule has 1 aliphatic rings. The van der Waals surface area contributed by atoms with Crippen molar-refractivity contribution in [1.82, 2.24) is 0 Å². The third kappa shape index (κ3) is 2.80. The quantitative estimate of drug-likeness (QED) is 0.527. The maximum Gasteiger partial charge on any atom is 0.486 e. The van der Waals surface area contributed by atoms with Gasteiger partial charge in [0.25, 0.3) is 0 Å². The second-order valence-corrected chi connectivity index (χ2v) is 5.00. The van der Waals surface area contributed by atoms with E-state index in [1.807, 2.05) is 0 Å². The zero-order valence-electron chi connectivity index (χ0n) is 11.5. The van der Waals surface area contributed by atoms with Gasteiger partial charge in [0.15, 0.2) is 0 Å². The van der Waals surface area contributed by atoms with E-state index in [0.29, 0.717) is 5.69 Å². The lowest BCUT2D eigenvalue weighted by Gasteiger charge is -2.23. The fourth-order valence-corrected chi connectivity index (χ4v) is 2.48. The summed E-state index contributed by atoms with van der Waals surface area (Å²) in [5.41, 5.74) is -0.317. The summed E-state index contributed by atoms with van der Waals surface area (Å²) in [4.78, 5) is 1.57. The van der Waals surface area contributed by atoms with E-state index < -0.39 is 24.7 Å². The Morgan fingerprint density at radius 3 is 1.83 bits per heavy atom. The predicted molar refractivity (Wildman–Crippen MR) is 73.4 cm³/mol. The van der Waals surface area contributed by atoms with E-state index in [1.165, 1.54) is 35.2 Å². The third-order valence-electron chi connectivity index (χ3n) is 3.56. The molecule has 0 N–H and O–H groups in total. The van der Waals surface area contributed by atoms with E-state index in [0.717, 1.165) is 12.1 Å². The number of alkyl halides is 6. The van der Waals surface area contributed by atoms with Crippen LogP contribution in [0.3, 0.4) is 0 Å². The summed E-state index contributed by atoms with van der Waals surface area (Å²) >= 11 is 0. The molecule has 1 heterocycles. The second kappa shape index (κ2) is 5.07. The molecule has 0 bridgehead atoms. The topological polar surface area (TPSA) is 6.48 Å². The van der Waals surface area contributed by atoms with Crippen molar-refractivity contribution >= 4 is 17.1 Å². The summed E-state index contributed by atoms with van der Waals surface area (Å²) in [5.74, 6) is 0. The summed E-state index contributed by atoms with van der Waals surface area (Å²) in [5, 5.41) is 0. The van der Waals surface area contributed by atoms with Gasteiger partial charge in [-0.05, 0) is 36.4 Å². The van der Waals surface area contributed by atoms with E-state index >= 15 is 0 Å². The van der Waals surface area contributed by atoms with E-state index in [9.17, 15) is 26.3 Å². The SMILES string of the molecule is FC(F)(F)c1ccc(N2CN(C(F)(F)F)c3ccccc32)cc1. The highest BCUT2D eigenvalue weighted by molar-refractivity contribution is 5.82. The van der Waals surface area contributed by atoms with Crippen molar-refractivity contribution < 1.29 is 26.3 Å². The summed E-state index contributed by atoms with van der Waals surface area (Å²) in [6.45, 7) is -0.506. The molecular weight excluding hydrogens is 322 g/mol. The van der Waals surface area contributed by atoms with Gasteiger partial charge in [0.1, 0.15) is 6.67 Å². The first-order valence-electron chi connectivity index (χ1n) is 6.56. The standard InChI is InChI=1S/C15H10F6N2/c16-14(17,18)10-5-7-11(8-6-10)22-9-23(15(19,20)21)13-4-2-1-3-12(13)22/h1-8H,9H2. The Balaban J connectivity index is 1.98. The minimum atomic E-state index is -4.57. The van der Waals surface area contributed by atoms with Gasteiger partial charge >= 0.3 is 12.5 Å². The number of hydrogen-bond acceptors (Lipinski definition) is 2. The molecule has 0 saturated heterocycles. The largest absolute Gasteiger partial charge is 0.486 e. The highest BCUT2D eigenvalue weighted by Gasteiger charge is 2.44. The molecule has 122 valence electrons. The predicted octanol–water partition coefficient (Wildman–Crippen LogP) is 5.14. The molecular formula is C15H10F6N2. The van der Waals surface area contributed by atoms with Gasteiger partial charge in [-0.3, -0.25) is 4.90 Å². The van der Waals surface area contributed by atoms with Gasteiger partial charge < -0.3 is 4.90 Å². The van der Waals surface area contributed by atoms with Crippen LogP contribution in [-0.2, 0) is 6.18 Å². The van der Waals surface area contributed by atoms with Crippen LogP contribution in [0.4, 0.5) is 43.4 Å². The Hall–Kier alpha value is -2.38. The number of hydrogen-bond donors (Lipinski definition) is 0. The Kier molecular flexibility index (Phi) is 3.42. The fraction of sp³-hybridized carbons (Fsp3) is 0.200. The van der Waals surface area contributed by atoms with Crippen molar-refractivity contribution in [1.29, 1.82) is 0 Å². The Morgan fingerprint density at radius 1 is 0.739 bits per heavy atom. The van der Waals surface area contributed by atoms with Gasteiger partial charge in [-0.25, -0.2) is 0 Å². The van der Waals surface area contributed by atoms with Crippen molar-refractivity contribution in [3.05, 3.63) is 54.1 Å². The molecule has 0 atom stereocenters. The molecule has 8 heteroatoms. The summed E-state index contributed by atoms with van der Waals surface area (Å²) in [7, 11) is 0. The minimum Gasteiger partial charge on any atom is -0.321 e. The molecule has 1 aliphatic heterocycles. The molecule has 0 saturated carbocycles. The molecule has 0 aliphatic carbocycles. The number of fused-ring (bicyclic) bond motifs is 1. The maximum absolute atomic E-state index is 13.1. The monoisotopic (exact) mass is 332 g/mol. The van der Waals surface area contributed by atoms with Gasteiger partial charge in [-0.1, -0.05) is 12.1 Å². The van der Waals surface area contributed by atoms with Crippen molar-refractivity contribution in [3.63, 3.8) is 0 Å². The van der Waals surface area contributed by atoms with Crippen LogP contribution in [0.5, 0.6) is 0 Å². The lowest BCUT2D eigenvalue weighted by Crippen LogP contribution is -2.39. The van der Waals surface area contributed by atoms with Crippen molar-refractivity contribution in [2.45, 2.75) is 12.5 Å². The van der Waals surface area contributed by atoms with Crippen molar-refractivity contribution in [3.8, 4) is 0 Å². The molecule has 3 rings (SSSR count). The first-order valence-corrected chi connectivity index (χ1v) is 6.56. The minimum absolute atomic E-state index is 0.0279. The molecule has 23 heavy (non-hydrogen) atoms. The van der Waals surface area contributed by atoms with Crippen LogP contribution in [0, 0.1) is 0 Å². The zero-order valence-corrected chi connectivity index (χ0v) is 11.5. The van der Waals surface area contributed by atoms with E-state index in [2.05, 4.69) is 0 Å². The number of para-hydroxylation sites is 2. The Bertz CT molecular complexity index is 705. The molecule has 2 nitrogen and oxygen atoms in total. The first kappa shape index (κ1) is 15.5. The summed E-state index contributed by atoms with van der Waals surface area (Å²) < 4.78 is 77.0. The van der Waals surface area contributed by atoms with Crippen LogP contribution in [0.15, 0.2) is 48.5 Å². The van der Waals surface area contributed by atoms with Gasteiger partial charge in [-0.2, -0.15) is 26.3 Å². The Labute approximate surface area is 127 Å². The number of benzene rings is 2. The average Bonchev–Trinajstić information content (AvgIpc) is 2.86. The van der Waals surface area contributed by atoms with Crippen LogP contribution in [0.1, 0.15) is 5.56 Å². The number of nitrogens with zero attached hydrogens (tertiary/aromatic N) is 2. The van der Waals surface area contributed by atoms with Crippen LogP contribution in [-0.4, -0.2) is 13.0 Å². The third-order valence-corrected chi connectivity index (χ3v) is 3.56. The van der Waals surface area contributed by atoms with Crippen LogP contribution in [0.2, 0.25) is 0 Å². The van der Waals surface area contributed by atoms with E-state index in [4.69, 9.17) is 0 Å². The fourth-order valence-electron chi connectivity index (χ4n) is 2.48. The molecule has 0 radical (unpaired) electrons. The highest BCUT2D eigenvalue weighted by Crippen LogP contribution is 2.45. The van der Waals surface area contributed by atoms with Crippen LogP contribution in [0.25, 0.3) is 0 Å². The maximum atomic E-state index is 13.1. The van der Waals surface area contributed by atoms with Crippen molar-refractivity contribution in [2.75, 3.05) is 16.5 Å². The first-order chi connectivity index (χ1) is 10.7. The number of rotatable bonds is 1. The summed E-state index contributed by atoms with van der Waals surface area (Å²) in [6, 6.07) is 9.93.